The number of carbonyl (C=O) groups excluding carboxylic acids is 1. The maximum Gasteiger partial charge on any atom is 0.313 e. The van der Waals surface area contributed by atoms with Crippen LogP contribution in [0.5, 0.6) is 0 Å². The minimum Gasteiger partial charge on any atom is -0.465 e. The largest absolute Gasteiger partial charge is 0.465 e. The number of esters is 1. The Bertz CT molecular complexity index is 497. The molecule has 2 unspecified atom stereocenters. The quantitative estimate of drug-likeness (QED) is 0.182. The van der Waals surface area contributed by atoms with Crippen molar-refractivity contribution >= 4 is 5.97 Å². The number of carbonyl (C=O) groups is 1. The van der Waals surface area contributed by atoms with E-state index in [1.54, 1.807) is 0 Å². The highest BCUT2D eigenvalue weighted by Gasteiger charge is 2.18. The minimum absolute atomic E-state index is 0.0771. The Kier molecular flexibility index (Phi) is 15.6. The standard InChI is InChI=1S/C27H46O2/c1-4-6-8-10-11-13-16-20-25(19-15-12-9-7-5-2)23-29-27(28)24(3)26-21-17-14-18-22-26/h14,17-18,21-22,24-25H,4-13,15-16,19-20,23H2,1-3H3. The van der Waals surface area contributed by atoms with Gasteiger partial charge in [-0.05, 0) is 31.2 Å². The zero-order valence-corrected chi connectivity index (χ0v) is 19.5. The van der Waals surface area contributed by atoms with Crippen molar-refractivity contribution in [1.82, 2.24) is 0 Å². The van der Waals surface area contributed by atoms with Crippen LogP contribution < -0.4 is 0 Å². The van der Waals surface area contributed by atoms with E-state index in [4.69, 9.17) is 4.74 Å². The van der Waals surface area contributed by atoms with Crippen molar-refractivity contribution in [2.75, 3.05) is 6.61 Å². The SMILES string of the molecule is CCCCCCCCCC(CCCCCCC)COC(=O)C(C)c1ccccc1. The number of hydrogen-bond donors (Lipinski definition) is 0. The molecular formula is C27H46O2. The molecule has 0 aliphatic carbocycles. The lowest BCUT2D eigenvalue weighted by Gasteiger charge is -2.19. The van der Waals surface area contributed by atoms with E-state index in [0.29, 0.717) is 12.5 Å². The summed E-state index contributed by atoms with van der Waals surface area (Å²) in [5.74, 6) is 0.269. The van der Waals surface area contributed by atoms with E-state index in [9.17, 15) is 4.79 Å². The van der Waals surface area contributed by atoms with Gasteiger partial charge in [-0.15, -0.1) is 0 Å². The van der Waals surface area contributed by atoms with E-state index in [1.807, 2.05) is 37.3 Å². The fourth-order valence-corrected chi connectivity index (χ4v) is 3.94. The van der Waals surface area contributed by atoms with Gasteiger partial charge in [-0.3, -0.25) is 4.79 Å². The Morgan fingerprint density at radius 3 is 1.76 bits per heavy atom. The van der Waals surface area contributed by atoms with Crippen molar-refractivity contribution in [2.45, 2.75) is 117 Å². The lowest BCUT2D eigenvalue weighted by Crippen LogP contribution is -2.18. The van der Waals surface area contributed by atoms with Crippen molar-refractivity contribution in [2.24, 2.45) is 5.92 Å². The molecule has 0 radical (unpaired) electrons. The van der Waals surface area contributed by atoms with Crippen LogP contribution >= 0.6 is 0 Å². The van der Waals surface area contributed by atoms with E-state index < -0.39 is 0 Å². The highest BCUT2D eigenvalue weighted by atomic mass is 16.5. The van der Waals surface area contributed by atoms with Gasteiger partial charge in [-0.2, -0.15) is 0 Å². The van der Waals surface area contributed by atoms with Gasteiger partial charge in [-0.1, -0.05) is 121 Å². The third-order valence-electron chi connectivity index (χ3n) is 6.05. The van der Waals surface area contributed by atoms with E-state index in [-0.39, 0.29) is 11.9 Å². The van der Waals surface area contributed by atoms with Gasteiger partial charge in [0.15, 0.2) is 0 Å². The van der Waals surface area contributed by atoms with Gasteiger partial charge in [0, 0.05) is 0 Å². The number of unbranched alkanes of at least 4 members (excludes halogenated alkanes) is 10. The molecular weight excluding hydrogens is 356 g/mol. The first kappa shape index (κ1) is 25.7. The lowest BCUT2D eigenvalue weighted by molar-refractivity contribution is -0.146. The molecule has 2 heteroatoms. The summed E-state index contributed by atoms with van der Waals surface area (Å²) in [4.78, 5) is 12.5. The van der Waals surface area contributed by atoms with Crippen molar-refractivity contribution in [3.05, 3.63) is 35.9 Å². The highest BCUT2D eigenvalue weighted by molar-refractivity contribution is 5.77. The molecule has 1 aromatic rings. The Morgan fingerprint density at radius 1 is 0.759 bits per heavy atom. The maximum absolute atomic E-state index is 12.5. The molecule has 1 rings (SSSR count). The van der Waals surface area contributed by atoms with Crippen molar-refractivity contribution in [3.63, 3.8) is 0 Å². The van der Waals surface area contributed by atoms with Gasteiger partial charge >= 0.3 is 5.97 Å². The average molecular weight is 403 g/mol. The maximum atomic E-state index is 12.5. The normalized spacial score (nSPS) is 13.2. The van der Waals surface area contributed by atoms with Crippen LogP contribution in [-0.4, -0.2) is 12.6 Å². The summed E-state index contributed by atoms with van der Waals surface area (Å²) in [5.41, 5.74) is 1.04. The molecule has 0 spiro atoms. The molecule has 2 nitrogen and oxygen atoms in total. The first-order chi connectivity index (χ1) is 14.2. The first-order valence-electron chi connectivity index (χ1n) is 12.4. The fourth-order valence-electron chi connectivity index (χ4n) is 3.94. The molecule has 0 aliphatic heterocycles. The second kappa shape index (κ2) is 17.5. The van der Waals surface area contributed by atoms with E-state index >= 15 is 0 Å². The fraction of sp³-hybridized carbons (Fsp3) is 0.741. The first-order valence-corrected chi connectivity index (χ1v) is 12.4. The molecule has 0 heterocycles. The van der Waals surface area contributed by atoms with Gasteiger partial charge in [0.2, 0.25) is 0 Å². The average Bonchev–Trinajstić information content (AvgIpc) is 2.75. The van der Waals surface area contributed by atoms with Gasteiger partial charge in [0.1, 0.15) is 0 Å². The molecule has 0 N–H and O–H groups in total. The molecule has 0 saturated carbocycles. The topological polar surface area (TPSA) is 26.3 Å². The second-order valence-electron chi connectivity index (χ2n) is 8.74. The second-order valence-corrected chi connectivity index (χ2v) is 8.74. The minimum atomic E-state index is -0.181. The summed E-state index contributed by atoms with van der Waals surface area (Å²) in [5, 5.41) is 0. The Morgan fingerprint density at radius 2 is 1.24 bits per heavy atom. The van der Waals surface area contributed by atoms with E-state index in [1.165, 1.54) is 89.9 Å². The molecule has 0 saturated heterocycles. The van der Waals surface area contributed by atoms with Crippen LogP contribution in [0, 0.1) is 5.92 Å². The predicted molar refractivity (Wildman–Crippen MR) is 125 cm³/mol. The molecule has 0 amide bonds. The van der Waals surface area contributed by atoms with Crippen molar-refractivity contribution in [3.8, 4) is 0 Å². The summed E-state index contributed by atoms with van der Waals surface area (Å²) in [7, 11) is 0. The Labute approximate surface area is 180 Å². The molecule has 1 aromatic carbocycles. The van der Waals surface area contributed by atoms with E-state index in [0.717, 1.165) is 5.56 Å². The number of ether oxygens (including phenoxy) is 1. The lowest BCUT2D eigenvalue weighted by atomic mass is 9.94. The van der Waals surface area contributed by atoms with Crippen LogP contribution in [0.2, 0.25) is 0 Å². The van der Waals surface area contributed by atoms with Crippen LogP contribution in [-0.2, 0) is 9.53 Å². The van der Waals surface area contributed by atoms with Crippen LogP contribution in [0.4, 0.5) is 0 Å². The Balaban J connectivity index is 2.36. The number of rotatable bonds is 18. The van der Waals surface area contributed by atoms with Crippen LogP contribution in [0.15, 0.2) is 30.3 Å². The van der Waals surface area contributed by atoms with Gasteiger partial charge in [0.25, 0.3) is 0 Å². The summed E-state index contributed by atoms with van der Waals surface area (Å²) < 4.78 is 5.77. The number of hydrogen-bond acceptors (Lipinski definition) is 2. The van der Waals surface area contributed by atoms with Crippen LogP contribution in [0.3, 0.4) is 0 Å². The summed E-state index contributed by atoms with van der Waals surface area (Å²) in [6.45, 7) is 7.08. The van der Waals surface area contributed by atoms with Crippen molar-refractivity contribution in [1.29, 1.82) is 0 Å². The van der Waals surface area contributed by atoms with Gasteiger partial charge in [0.05, 0.1) is 12.5 Å². The molecule has 0 aromatic heterocycles. The van der Waals surface area contributed by atoms with Crippen LogP contribution in [0.1, 0.15) is 122 Å². The molecule has 2 atom stereocenters. The van der Waals surface area contributed by atoms with Crippen molar-refractivity contribution < 1.29 is 9.53 Å². The van der Waals surface area contributed by atoms with Crippen LogP contribution in [0.25, 0.3) is 0 Å². The van der Waals surface area contributed by atoms with Gasteiger partial charge in [-0.25, -0.2) is 0 Å². The molecule has 0 fully saturated rings. The zero-order chi connectivity index (χ0) is 21.2. The summed E-state index contributed by atoms with van der Waals surface area (Å²) >= 11 is 0. The predicted octanol–water partition coefficient (Wildman–Crippen LogP) is 8.45. The third kappa shape index (κ3) is 12.8. The Hall–Kier alpha value is -1.31. The third-order valence-corrected chi connectivity index (χ3v) is 6.05. The smallest absolute Gasteiger partial charge is 0.313 e. The van der Waals surface area contributed by atoms with E-state index in [2.05, 4.69) is 13.8 Å². The summed E-state index contributed by atoms with van der Waals surface area (Å²) in [6, 6.07) is 9.97. The monoisotopic (exact) mass is 402 g/mol. The highest BCUT2D eigenvalue weighted by Crippen LogP contribution is 2.22. The summed E-state index contributed by atoms with van der Waals surface area (Å²) in [6.07, 6.45) is 18.3. The molecule has 0 aliphatic rings. The molecule has 0 bridgehead atoms. The molecule has 166 valence electrons. The number of benzene rings is 1. The zero-order valence-electron chi connectivity index (χ0n) is 19.5. The molecule has 29 heavy (non-hydrogen) atoms. The van der Waals surface area contributed by atoms with Gasteiger partial charge < -0.3 is 4.74 Å².